The molecule has 4 heteroatoms. The van der Waals surface area contributed by atoms with Gasteiger partial charge in [-0.1, -0.05) is 0 Å². The Bertz CT molecular complexity index is 210. The average molecular weight is 184 g/mol. The Morgan fingerprint density at radius 1 is 1.62 bits per heavy atom. The van der Waals surface area contributed by atoms with Crippen LogP contribution in [0.3, 0.4) is 0 Å². The van der Waals surface area contributed by atoms with Crippen LogP contribution in [0.1, 0.15) is 20.8 Å². The first-order valence-corrected chi connectivity index (χ1v) is 4.32. The molecule has 13 heavy (non-hydrogen) atoms. The first-order valence-electron chi connectivity index (χ1n) is 4.32. The Morgan fingerprint density at radius 2 is 2.15 bits per heavy atom. The Labute approximate surface area is 79.1 Å². The van der Waals surface area contributed by atoms with E-state index in [9.17, 15) is 4.79 Å². The summed E-state index contributed by atoms with van der Waals surface area (Å²) in [6.07, 6.45) is 0. The highest BCUT2D eigenvalue weighted by molar-refractivity contribution is 5.75. The van der Waals surface area contributed by atoms with Gasteiger partial charge in [0.15, 0.2) is 0 Å². The van der Waals surface area contributed by atoms with Gasteiger partial charge in [-0.2, -0.15) is 5.26 Å². The topological polar surface area (TPSA) is 53.3 Å². The van der Waals surface area contributed by atoms with E-state index in [-0.39, 0.29) is 18.1 Å². The second-order valence-corrected chi connectivity index (χ2v) is 2.90. The highest BCUT2D eigenvalue weighted by Crippen LogP contribution is 2.03. The molecule has 0 aromatic heterocycles. The first-order chi connectivity index (χ1) is 6.04. The third kappa shape index (κ3) is 3.43. The molecular weight excluding hydrogens is 168 g/mol. The van der Waals surface area contributed by atoms with Gasteiger partial charge in [0.05, 0.1) is 18.7 Å². The average Bonchev–Trinajstić information content (AvgIpc) is 2.14. The van der Waals surface area contributed by atoms with Gasteiger partial charge < -0.3 is 4.74 Å². The van der Waals surface area contributed by atoms with Crippen molar-refractivity contribution in [1.82, 2.24) is 4.90 Å². The van der Waals surface area contributed by atoms with Gasteiger partial charge >= 0.3 is 5.97 Å². The number of nitriles is 1. The molecule has 0 radical (unpaired) electrons. The van der Waals surface area contributed by atoms with Crippen molar-refractivity contribution in [3.8, 4) is 6.07 Å². The summed E-state index contributed by atoms with van der Waals surface area (Å²) in [6, 6.07) is 1.42. The van der Waals surface area contributed by atoms with Crippen LogP contribution in [0.25, 0.3) is 0 Å². The summed E-state index contributed by atoms with van der Waals surface area (Å²) in [6.45, 7) is 5.61. The molecule has 2 atom stereocenters. The Morgan fingerprint density at radius 3 is 2.54 bits per heavy atom. The van der Waals surface area contributed by atoms with Crippen LogP contribution >= 0.6 is 0 Å². The lowest BCUT2D eigenvalue weighted by Crippen LogP contribution is -2.41. The van der Waals surface area contributed by atoms with E-state index in [4.69, 9.17) is 10.00 Å². The van der Waals surface area contributed by atoms with Crippen LogP contribution in [0.4, 0.5) is 0 Å². The molecule has 0 aliphatic rings. The van der Waals surface area contributed by atoms with Gasteiger partial charge in [0.1, 0.15) is 6.04 Å². The van der Waals surface area contributed by atoms with E-state index >= 15 is 0 Å². The molecule has 0 N–H and O–H groups in total. The lowest BCUT2D eigenvalue weighted by atomic mass is 10.2. The zero-order chi connectivity index (χ0) is 10.4. The molecule has 74 valence electrons. The fourth-order valence-electron chi connectivity index (χ4n) is 0.856. The maximum atomic E-state index is 11.2. The number of likely N-dealkylation sites (N-methyl/N-ethyl adjacent to an activating group) is 1. The van der Waals surface area contributed by atoms with E-state index in [1.54, 1.807) is 32.7 Å². The number of esters is 1. The predicted octanol–water partition coefficient (Wildman–Crippen LogP) is 0.782. The third-order valence-corrected chi connectivity index (χ3v) is 2.04. The third-order valence-electron chi connectivity index (χ3n) is 2.04. The minimum absolute atomic E-state index is 0.278. The zero-order valence-electron chi connectivity index (χ0n) is 8.57. The van der Waals surface area contributed by atoms with Gasteiger partial charge in [-0.05, 0) is 27.8 Å². The molecule has 0 rings (SSSR count). The number of carbonyl (C=O) groups is 1. The van der Waals surface area contributed by atoms with E-state index in [2.05, 4.69) is 6.07 Å². The molecule has 0 saturated carbocycles. The zero-order valence-corrected chi connectivity index (χ0v) is 8.57. The lowest BCUT2D eigenvalue weighted by molar-refractivity contribution is -0.148. The van der Waals surface area contributed by atoms with Gasteiger partial charge in [-0.15, -0.1) is 0 Å². The van der Waals surface area contributed by atoms with Crippen LogP contribution < -0.4 is 0 Å². The fraction of sp³-hybridized carbons (Fsp3) is 0.778. The normalized spacial score (nSPS) is 14.8. The van der Waals surface area contributed by atoms with Gasteiger partial charge in [0.2, 0.25) is 0 Å². The molecule has 0 saturated heterocycles. The molecule has 0 fully saturated rings. The molecule has 0 amide bonds. The van der Waals surface area contributed by atoms with Crippen molar-refractivity contribution < 1.29 is 9.53 Å². The summed E-state index contributed by atoms with van der Waals surface area (Å²) in [5.74, 6) is -0.285. The first kappa shape index (κ1) is 11.9. The number of nitrogens with zero attached hydrogens (tertiary/aromatic N) is 2. The molecule has 0 aromatic carbocycles. The quantitative estimate of drug-likeness (QED) is 0.606. The lowest BCUT2D eigenvalue weighted by Gasteiger charge is -2.24. The summed E-state index contributed by atoms with van der Waals surface area (Å²) in [5, 5.41) is 8.62. The number of hydrogen-bond acceptors (Lipinski definition) is 4. The van der Waals surface area contributed by atoms with Crippen LogP contribution in [0.5, 0.6) is 0 Å². The Hall–Kier alpha value is -1.08. The Balaban J connectivity index is 4.18. The van der Waals surface area contributed by atoms with Crippen LogP contribution in [0.2, 0.25) is 0 Å². The molecule has 4 nitrogen and oxygen atoms in total. The van der Waals surface area contributed by atoms with Gasteiger partial charge in [0, 0.05) is 0 Å². The van der Waals surface area contributed by atoms with Crippen molar-refractivity contribution in [3.63, 3.8) is 0 Å². The van der Waals surface area contributed by atoms with Crippen molar-refractivity contribution in [2.45, 2.75) is 32.9 Å². The van der Waals surface area contributed by atoms with Crippen LogP contribution in [-0.2, 0) is 9.53 Å². The minimum atomic E-state index is -0.366. The van der Waals surface area contributed by atoms with Crippen molar-refractivity contribution in [2.24, 2.45) is 0 Å². The fourth-order valence-corrected chi connectivity index (χ4v) is 0.856. The monoisotopic (exact) mass is 184 g/mol. The standard InChI is InChI=1S/C9H16N2O2/c1-5-13-9(12)8(3)11(4)7(2)6-10/h7-8H,5H2,1-4H3. The van der Waals surface area contributed by atoms with Crippen molar-refractivity contribution >= 4 is 5.97 Å². The van der Waals surface area contributed by atoms with E-state index in [1.807, 2.05) is 0 Å². The van der Waals surface area contributed by atoms with Crippen LogP contribution in [-0.4, -0.2) is 36.6 Å². The highest BCUT2D eigenvalue weighted by atomic mass is 16.5. The largest absolute Gasteiger partial charge is 0.465 e. The summed E-state index contributed by atoms with van der Waals surface area (Å²) < 4.78 is 4.83. The number of rotatable bonds is 4. The molecule has 0 spiro atoms. The maximum absolute atomic E-state index is 11.2. The van der Waals surface area contributed by atoms with Crippen molar-refractivity contribution in [1.29, 1.82) is 5.26 Å². The highest BCUT2D eigenvalue weighted by Gasteiger charge is 2.22. The van der Waals surface area contributed by atoms with Crippen LogP contribution in [0.15, 0.2) is 0 Å². The molecule has 0 aliphatic carbocycles. The number of ether oxygens (including phenoxy) is 1. The maximum Gasteiger partial charge on any atom is 0.323 e. The predicted molar refractivity (Wildman–Crippen MR) is 48.9 cm³/mol. The summed E-state index contributed by atoms with van der Waals surface area (Å²) in [7, 11) is 1.73. The second-order valence-electron chi connectivity index (χ2n) is 2.90. The van der Waals surface area contributed by atoms with E-state index < -0.39 is 0 Å². The Kier molecular flexibility index (Phi) is 5.09. The molecule has 0 aliphatic heterocycles. The van der Waals surface area contributed by atoms with E-state index in [0.29, 0.717) is 6.61 Å². The molecule has 0 bridgehead atoms. The van der Waals surface area contributed by atoms with Crippen LogP contribution in [0, 0.1) is 11.3 Å². The smallest absolute Gasteiger partial charge is 0.323 e. The van der Waals surface area contributed by atoms with Gasteiger partial charge in [-0.3, -0.25) is 9.69 Å². The molecule has 0 heterocycles. The number of carbonyl (C=O) groups excluding carboxylic acids is 1. The molecule has 0 aromatic rings. The van der Waals surface area contributed by atoms with Crippen molar-refractivity contribution in [2.75, 3.05) is 13.7 Å². The van der Waals surface area contributed by atoms with Crippen molar-refractivity contribution in [3.05, 3.63) is 0 Å². The summed E-state index contributed by atoms with van der Waals surface area (Å²) >= 11 is 0. The van der Waals surface area contributed by atoms with Gasteiger partial charge in [0.25, 0.3) is 0 Å². The van der Waals surface area contributed by atoms with Gasteiger partial charge in [-0.25, -0.2) is 0 Å². The van der Waals surface area contributed by atoms with E-state index in [1.165, 1.54) is 0 Å². The van der Waals surface area contributed by atoms with E-state index in [0.717, 1.165) is 0 Å². The SMILES string of the molecule is CCOC(=O)C(C)N(C)C(C)C#N. The number of hydrogen-bond donors (Lipinski definition) is 0. The minimum Gasteiger partial charge on any atom is -0.465 e. The molecular formula is C9H16N2O2. The molecule has 2 unspecified atom stereocenters. The summed E-state index contributed by atoms with van der Waals surface area (Å²) in [4.78, 5) is 12.9. The second kappa shape index (κ2) is 5.55. The summed E-state index contributed by atoms with van der Waals surface area (Å²) in [5.41, 5.74) is 0.